The van der Waals surface area contributed by atoms with Gasteiger partial charge in [-0.15, -0.1) is 0 Å². The maximum absolute atomic E-state index is 13.5. The molecule has 8 aromatic carbocycles. The summed E-state index contributed by atoms with van der Waals surface area (Å²) in [4.78, 5) is 73.5. The summed E-state index contributed by atoms with van der Waals surface area (Å²) < 4.78 is 46.9. The van der Waals surface area contributed by atoms with Crippen LogP contribution in [-0.4, -0.2) is 69.9 Å². The van der Waals surface area contributed by atoms with E-state index in [0.29, 0.717) is 46.3 Å². The number of benzene rings is 8. The lowest BCUT2D eigenvalue weighted by Crippen LogP contribution is -2.24. The first-order valence-corrected chi connectivity index (χ1v) is 24.0. The van der Waals surface area contributed by atoms with Crippen LogP contribution in [0.3, 0.4) is 0 Å². The Balaban J connectivity index is 0.000000188. The second-order valence-electron chi connectivity index (χ2n) is 18.1. The van der Waals surface area contributed by atoms with Gasteiger partial charge >= 0.3 is 11.9 Å². The van der Waals surface area contributed by atoms with Gasteiger partial charge in [0.15, 0.2) is 13.2 Å². The number of halogens is 2. The Labute approximate surface area is 438 Å². The Morgan fingerprint density at radius 1 is 0.506 bits per heavy atom. The lowest BCUT2D eigenvalue weighted by atomic mass is 10.0. The zero-order valence-corrected chi connectivity index (χ0v) is 41.8. The molecule has 0 aliphatic carbocycles. The van der Waals surface area contributed by atoms with E-state index >= 15 is 0 Å². The molecule has 77 heavy (non-hydrogen) atoms. The van der Waals surface area contributed by atoms with Crippen LogP contribution in [0.2, 0.25) is 0 Å². The Kier molecular flexibility index (Phi) is 14.7. The van der Waals surface area contributed by atoms with Crippen molar-refractivity contribution in [2.45, 2.75) is 26.9 Å². The van der Waals surface area contributed by atoms with Crippen LogP contribution in [-0.2, 0) is 37.0 Å². The fraction of sp³-hybridized carbons (Fsp3) is 0.115. The van der Waals surface area contributed by atoms with Crippen LogP contribution in [0.1, 0.15) is 43.2 Å². The van der Waals surface area contributed by atoms with Gasteiger partial charge in [-0.2, -0.15) is 0 Å². The van der Waals surface area contributed by atoms with E-state index in [1.807, 2.05) is 106 Å². The van der Waals surface area contributed by atoms with Crippen LogP contribution in [0.5, 0.6) is 11.5 Å². The summed E-state index contributed by atoms with van der Waals surface area (Å²) in [6, 6.07) is 46.4. The zero-order valence-electron chi connectivity index (χ0n) is 41.8. The average molecular weight is 1040 g/mol. The highest BCUT2D eigenvalue weighted by atomic mass is 19.1. The van der Waals surface area contributed by atoms with Crippen LogP contribution in [0.4, 0.5) is 8.78 Å². The fourth-order valence-electron chi connectivity index (χ4n) is 9.73. The highest BCUT2D eigenvalue weighted by Gasteiger charge is 2.30. The van der Waals surface area contributed by atoms with Crippen molar-refractivity contribution in [2.75, 3.05) is 20.3 Å². The normalized spacial score (nSPS) is 11.1. The minimum atomic E-state index is -1.18. The molecule has 0 unspecified atom stereocenters. The van der Waals surface area contributed by atoms with Gasteiger partial charge in [-0.3, -0.25) is 19.2 Å². The first kappa shape index (κ1) is 51.9. The number of aromatic nitrogens is 2. The second-order valence-corrected chi connectivity index (χ2v) is 18.1. The number of hydrogen-bond donors (Lipinski definition) is 3. The first-order chi connectivity index (χ1) is 37.0. The Hall–Kier alpha value is -9.96. The van der Waals surface area contributed by atoms with E-state index in [1.165, 1.54) is 31.4 Å². The van der Waals surface area contributed by atoms with Crippen LogP contribution < -0.4 is 20.9 Å². The summed E-state index contributed by atoms with van der Waals surface area (Å²) >= 11 is 0. The molecule has 0 saturated carbocycles. The van der Waals surface area contributed by atoms with Gasteiger partial charge in [-0.25, -0.2) is 18.4 Å². The Morgan fingerprint density at radius 3 is 1.30 bits per heavy atom. The number of ketones is 2. The maximum atomic E-state index is 13.5. The monoisotopic (exact) mass is 1030 g/mol. The molecule has 0 fully saturated rings. The number of Topliss-reactive ketones (excluding diaryl/α,β-unsaturated/α-hetero) is 2. The van der Waals surface area contributed by atoms with Gasteiger partial charge in [-0.05, 0) is 107 Å². The Morgan fingerprint density at radius 2 is 0.909 bits per heavy atom. The van der Waals surface area contributed by atoms with E-state index in [1.54, 1.807) is 50.2 Å². The quantitative estimate of drug-likeness (QED) is 0.0473. The van der Waals surface area contributed by atoms with Crippen molar-refractivity contribution in [3.05, 3.63) is 203 Å². The highest BCUT2D eigenvalue weighted by Crippen LogP contribution is 2.42. The maximum Gasteiger partial charge on any atom is 0.343 e. The summed E-state index contributed by atoms with van der Waals surface area (Å²) in [5.41, 5.74) is 18.7. The van der Waals surface area contributed by atoms with Crippen molar-refractivity contribution in [3.63, 3.8) is 0 Å². The number of methoxy groups -OCH3 is 1. The summed E-state index contributed by atoms with van der Waals surface area (Å²) in [5, 5.41) is 13.2. The zero-order chi connectivity index (χ0) is 54.7. The van der Waals surface area contributed by atoms with Crippen molar-refractivity contribution >= 4 is 78.7 Å². The number of hydrogen-bond acceptors (Lipinski definition) is 9. The molecule has 14 nitrogen and oxygen atoms in total. The molecule has 0 bridgehead atoms. The molecule has 0 aliphatic rings. The number of aliphatic carboxylic acids is 1. The molecule has 0 radical (unpaired) electrons. The number of esters is 1. The van der Waals surface area contributed by atoms with Crippen LogP contribution >= 0.6 is 0 Å². The van der Waals surface area contributed by atoms with E-state index in [2.05, 4.69) is 0 Å². The van der Waals surface area contributed by atoms with E-state index in [9.17, 15) is 42.7 Å². The summed E-state index contributed by atoms with van der Waals surface area (Å²) in [6.45, 7) is 3.15. The smallest absolute Gasteiger partial charge is 0.343 e. The van der Waals surface area contributed by atoms with Gasteiger partial charge in [-0.1, -0.05) is 109 Å². The highest BCUT2D eigenvalue weighted by molar-refractivity contribution is 6.46. The van der Waals surface area contributed by atoms with Crippen LogP contribution in [0.25, 0.3) is 65.6 Å². The minimum Gasteiger partial charge on any atom is -0.481 e. The number of carboxylic acids is 1. The number of fused-ring (bicyclic) bond motifs is 6. The molecule has 2 aromatic heterocycles. The standard InChI is InChI=1S/C31H25FN2O5.C30H23FN2O5/c1-18-27(30(36)31(33)37)28-25(39-17-26(35)38-2)15-22-7-3-4-9-24(22)29(28)34(18)16-19-6-5-8-21(14-19)20-10-12-23(32)13-11-20;1-17-26(29(36)30(32)37)27-24(38-16-25(34)35)14-21-6-2-3-8-23(21)28(27)33(17)15-18-5-4-7-20(13-18)19-9-11-22(31)12-10-19/h3-15H,16-17H2,1-2H3,(H2,33,37);2-14H,15-16H2,1H3,(H2,32,37)(H,34,35). The molecule has 0 atom stereocenters. The molecule has 0 spiro atoms. The number of nitrogens with two attached hydrogens (primary N) is 2. The van der Waals surface area contributed by atoms with E-state index in [0.717, 1.165) is 54.9 Å². The number of primary amides is 2. The first-order valence-electron chi connectivity index (χ1n) is 24.0. The fourth-order valence-corrected chi connectivity index (χ4v) is 9.73. The molecule has 5 N–H and O–H groups in total. The lowest BCUT2D eigenvalue weighted by Gasteiger charge is -2.14. The number of carbonyl (C=O) groups excluding carboxylic acids is 5. The number of rotatable bonds is 16. The molecule has 10 aromatic rings. The van der Waals surface area contributed by atoms with E-state index in [-0.39, 0.29) is 40.9 Å². The van der Waals surface area contributed by atoms with Gasteiger partial charge in [0.2, 0.25) is 0 Å². The predicted octanol–water partition coefficient (Wildman–Crippen LogP) is 10.3. The van der Waals surface area contributed by atoms with Crippen LogP contribution in [0, 0.1) is 25.5 Å². The molecular weight excluding hydrogens is 987 g/mol. The summed E-state index contributed by atoms with van der Waals surface area (Å²) in [6.07, 6.45) is 0. The van der Waals surface area contributed by atoms with Crippen molar-refractivity contribution in [1.29, 1.82) is 0 Å². The molecule has 0 saturated heterocycles. The minimum absolute atomic E-state index is 0.0772. The summed E-state index contributed by atoms with van der Waals surface area (Å²) in [7, 11) is 1.25. The molecule has 0 aliphatic heterocycles. The second kappa shape index (κ2) is 21.9. The summed E-state index contributed by atoms with van der Waals surface area (Å²) in [5.74, 6) is -5.92. The molecule has 2 amide bonds. The van der Waals surface area contributed by atoms with Gasteiger partial charge < -0.3 is 39.9 Å². The molecule has 2 heterocycles. The topological polar surface area (TPSA) is 212 Å². The van der Waals surface area contributed by atoms with E-state index in [4.69, 9.17) is 25.7 Å². The predicted molar refractivity (Wildman–Crippen MR) is 288 cm³/mol. The van der Waals surface area contributed by atoms with Crippen molar-refractivity contribution in [2.24, 2.45) is 11.5 Å². The van der Waals surface area contributed by atoms with Crippen molar-refractivity contribution < 1.29 is 56.9 Å². The number of nitrogens with zero attached hydrogens (tertiary/aromatic N) is 2. The van der Waals surface area contributed by atoms with Crippen molar-refractivity contribution in [3.8, 4) is 33.8 Å². The van der Waals surface area contributed by atoms with E-state index < -0.39 is 41.9 Å². The number of carbonyl (C=O) groups is 6. The van der Waals surface area contributed by atoms with Gasteiger partial charge in [0.05, 0.1) is 40.0 Å². The van der Waals surface area contributed by atoms with Gasteiger partial charge in [0.1, 0.15) is 23.1 Å². The molecular formula is C61H48F2N4O10. The third-order valence-corrected chi connectivity index (χ3v) is 13.3. The number of carboxylic acid groups (broad SMARTS) is 1. The average Bonchev–Trinajstić information content (AvgIpc) is 3.96. The van der Waals surface area contributed by atoms with Gasteiger partial charge in [0, 0.05) is 35.2 Å². The molecule has 16 heteroatoms. The van der Waals surface area contributed by atoms with Crippen molar-refractivity contribution in [1.82, 2.24) is 9.13 Å². The lowest BCUT2D eigenvalue weighted by molar-refractivity contribution is -0.143. The SMILES string of the molecule is COC(=O)COc1cc2ccccc2c2c1c(C(=O)C(N)=O)c(C)n2Cc1cccc(-c2ccc(F)cc2)c1.Cc1c(C(=O)C(N)=O)c2c(OCC(=O)O)cc3ccccc3c2n1Cc1cccc(-c2ccc(F)cc2)c1. The van der Waals surface area contributed by atoms with Gasteiger partial charge in [0.25, 0.3) is 23.4 Å². The number of amides is 2. The van der Waals surface area contributed by atoms with Crippen LogP contribution in [0.15, 0.2) is 158 Å². The number of ether oxygens (including phenoxy) is 3. The largest absolute Gasteiger partial charge is 0.481 e. The Bertz CT molecular complexity index is 4010. The third-order valence-electron chi connectivity index (χ3n) is 13.3. The molecule has 10 rings (SSSR count). The third kappa shape index (κ3) is 10.6. The molecule has 386 valence electrons.